The second kappa shape index (κ2) is 17.9. The van der Waals surface area contributed by atoms with E-state index in [-0.39, 0.29) is 72.9 Å². The van der Waals surface area contributed by atoms with Gasteiger partial charge in [0.1, 0.15) is 49.7 Å². The molecule has 10 N–H and O–H groups in total. The quantitative estimate of drug-likeness (QED) is 0.0245. The van der Waals surface area contributed by atoms with Crippen molar-refractivity contribution in [1.82, 2.24) is 0 Å². The molecule has 0 heterocycles. The van der Waals surface area contributed by atoms with E-state index in [4.69, 9.17) is 20.9 Å². The number of phenolic OH excluding ortho intramolecular Hbond substituents is 2. The first-order valence-corrected chi connectivity index (χ1v) is 21.5. The van der Waals surface area contributed by atoms with Gasteiger partial charge in [-0.3, -0.25) is 13.9 Å². The standard InChI is InChI=1S/C42H33N9O13S2/c1-63-33-13-20(21-6-11-31(34(14-21)64-2)49-51-38-36(66(60,61)62)16-23-4-8-25(44)18-28(23)40(38)53)5-10-30(33)48-47-29-12-9-26(19-32(29)45-41(54)42(55)56)46-50-37-35(65(57,58)59)15-22-3-7-24(43)17-27(22)39(37)52/h3-19,52-53H,43-44H2,1-2H3,(H,45,54)(H,55,56)(H,57,58,59)(H,60,61,62). The van der Waals surface area contributed by atoms with E-state index in [1.165, 1.54) is 68.8 Å². The van der Waals surface area contributed by atoms with Crippen LogP contribution in [0.1, 0.15) is 0 Å². The van der Waals surface area contributed by atoms with Gasteiger partial charge in [-0.15, -0.1) is 25.6 Å². The predicted octanol–water partition coefficient (Wildman–Crippen LogP) is 9.02. The Balaban J connectivity index is 1.19. The van der Waals surface area contributed by atoms with Gasteiger partial charge in [0.05, 0.1) is 25.6 Å². The number of nitrogens with two attached hydrogens (primary N) is 2. The van der Waals surface area contributed by atoms with E-state index in [1.54, 1.807) is 30.3 Å². The van der Waals surface area contributed by atoms with Gasteiger partial charge in [0, 0.05) is 22.1 Å². The van der Waals surface area contributed by atoms with Crippen molar-refractivity contribution in [2.24, 2.45) is 30.7 Å². The molecule has 0 aliphatic heterocycles. The summed E-state index contributed by atoms with van der Waals surface area (Å²) in [6.07, 6.45) is 0. The number of benzene rings is 7. The molecule has 0 aliphatic rings. The molecule has 0 aliphatic carbocycles. The van der Waals surface area contributed by atoms with Crippen LogP contribution >= 0.6 is 0 Å². The van der Waals surface area contributed by atoms with E-state index >= 15 is 0 Å². The van der Waals surface area contributed by atoms with Gasteiger partial charge < -0.3 is 41.6 Å². The number of carboxylic acid groups (broad SMARTS) is 1. The van der Waals surface area contributed by atoms with E-state index in [9.17, 15) is 50.8 Å². The van der Waals surface area contributed by atoms with Crippen LogP contribution < -0.4 is 26.3 Å². The summed E-state index contributed by atoms with van der Waals surface area (Å²) in [4.78, 5) is 22.3. The lowest BCUT2D eigenvalue weighted by Crippen LogP contribution is -2.21. The van der Waals surface area contributed by atoms with Crippen molar-refractivity contribution in [3.05, 3.63) is 103 Å². The largest absolute Gasteiger partial charge is 0.505 e. The Morgan fingerprint density at radius 1 is 0.561 bits per heavy atom. The fraction of sp³-hybridized carbons (Fsp3) is 0.0476. The molecule has 0 spiro atoms. The normalized spacial score (nSPS) is 12.1. The number of nitrogens with one attached hydrogen (secondary N) is 1. The summed E-state index contributed by atoms with van der Waals surface area (Å²) >= 11 is 0. The van der Waals surface area contributed by atoms with E-state index in [1.807, 2.05) is 0 Å². The Morgan fingerprint density at radius 2 is 1.00 bits per heavy atom. The molecule has 0 saturated heterocycles. The van der Waals surface area contributed by atoms with Gasteiger partial charge in [0.25, 0.3) is 20.2 Å². The second-order valence-electron chi connectivity index (χ2n) is 13.9. The van der Waals surface area contributed by atoms with Crippen molar-refractivity contribution in [1.29, 1.82) is 0 Å². The Kier molecular flexibility index (Phi) is 12.3. The van der Waals surface area contributed by atoms with Crippen molar-refractivity contribution >= 4 is 105 Å². The minimum atomic E-state index is -4.94. The van der Waals surface area contributed by atoms with Crippen molar-refractivity contribution in [2.75, 3.05) is 31.0 Å². The van der Waals surface area contributed by atoms with E-state index in [0.717, 1.165) is 18.2 Å². The third kappa shape index (κ3) is 9.50. The SMILES string of the molecule is COc1cc(-c2ccc(N=Nc3c(S(=O)(=O)O)cc4ccc(N)cc4c3O)c(OC)c2)ccc1N=Nc1ccc(N=Nc2c(S(=O)(=O)O)cc3ccc(N)cc3c2O)cc1NC(=O)C(=O)O. The molecule has 0 fully saturated rings. The molecule has 22 nitrogen and oxygen atoms in total. The first kappa shape index (κ1) is 45.4. The van der Waals surface area contributed by atoms with Gasteiger partial charge in [0.2, 0.25) is 0 Å². The van der Waals surface area contributed by atoms with Gasteiger partial charge in [-0.2, -0.15) is 21.9 Å². The molecule has 0 radical (unpaired) electrons. The summed E-state index contributed by atoms with van der Waals surface area (Å²) in [5.41, 5.74) is 12.1. The Morgan fingerprint density at radius 3 is 1.45 bits per heavy atom. The molecule has 0 saturated carbocycles. The van der Waals surface area contributed by atoms with Crippen molar-refractivity contribution < 1.29 is 60.3 Å². The van der Waals surface area contributed by atoms with Crippen LogP contribution in [0.15, 0.2) is 144 Å². The molecule has 24 heteroatoms. The summed E-state index contributed by atoms with van der Waals surface area (Å²) in [5, 5.41) is 58.5. The average Bonchev–Trinajstić information content (AvgIpc) is 3.27. The molecule has 0 atom stereocenters. The first-order valence-electron chi connectivity index (χ1n) is 18.6. The van der Waals surface area contributed by atoms with Crippen molar-refractivity contribution in [3.8, 4) is 34.1 Å². The molecule has 0 unspecified atom stereocenters. The molecule has 7 aromatic rings. The van der Waals surface area contributed by atoms with Gasteiger partial charge in [-0.05, 0) is 101 Å². The number of nitrogen functional groups attached to an aromatic ring is 2. The number of fused-ring (bicyclic) bond motifs is 2. The summed E-state index contributed by atoms with van der Waals surface area (Å²) in [5.74, 6) is -4.16. The maximum absolute atomic E-state index is 12.3. The highest BCUT2D eigenvalue weighted by Gasteiger charge is 2.24. The summed E-state index contributed by atoms with van der Waals surface area (Å²) in [7, 11) is -7.08. The third-order valence-corrected chi connectivity index (χ3v) is 11.3. The van der Waals surface area contributed by atoms with Crippen LogP contribution in [0, 0.1) is 0 Å². The maximum atomic E-state index is 12.3. The van der Waals surface area contributed by atoms with Crippen LogP contribution in [0.4, 0.5) is 51.2 Å². The van der Waals surface area contributed by atoms with E-state index < -0.39 is 64.8 Å². The lowest BCUT2D eigenvalue weighted by molar-refractivity contribution is -0.147. The number of anilines is 3. The number of hydrogen-bond donors (Lipinski definition) is 8. The van der Waals surface area contributed by atoms with Crippen LogP contribution in [-0.2, 0) is 29.8 Å². The van der Waals surface area contributed by atoms with Crippen molar-refractivity contribution in [2.45, 2.75) is 9.79 Å². The molecule has 7 rings (SSSR count). The van der Waals surface area contributed by atoms with Gasteiger partial charge >= 0.3 is 11.9 Å². The minimum absolute atomic E-state index is 0.0725. The Hall–Kier alpha value is -8.58. The number of carboxylic acids is 1. The maximum Gasteiger partial charge on any atom is 0.394 e. The average molecular weight is 936 g/mol. The van der Waals surface area contributed by atoms with Crippen LogP contribution in [0.25, 0.3) is 32.7 Å². The fourth-order valence-electron chi connectivity index (χ4n) is 6.45. The molecule has 336 valence electrons. The van der Waals surface area contributed by atoms with E-state index in [0.29, 0.717) is 11.1 Å². The highest BCUT2D eigenvalue weighted by atomic mass is 32.2. The molecule has 0 aromatic heterocycles. The number of aliphatic carboxylic acids is 1. The van der Waals surface area contributed by atoms with Gasteiger partial charge in [-0.25, -0.2) is 4.79 Å². The van der Waals surface area contributed by atoms with E-state index in [2.05, 4.69) is 36.0 Å². The minimum Gasteiger partial charge on any atom is -0.505 e. The number of azo groups is 3. The van der Waals surface area contributed by atoms with Gasteiger partial charge in [-0.1, -0.05) is 24.3 Å². The van der Waals surface area contributed by atoms with Crippen LogP contribution in [0.5, 0.6) is 23.0 Å². The lowest BCUT2D eigenvalue weighted by atomic mass is 10.0. The van der Waals surface area contributed by atoms with Crippen LogP contribution in [0.3, 0.4) is 0 Å². The zero-order chi connectivity index (χ0) is 47.7. The fourth-order valence-corrected chi connectivity index (χ4v) is 7.77. The van der Waals surface area contributed by atoms with Crippen molar-refractivity contribution in [3.63, 3.8) is 0 Å². The monoisotopic (exact) mass is 935 g/mol. The summed E-state index contributed by atoms with van der Waals surface area (Å²) in [6, 6.07) is 24.1. The zero-order valence-corrected chi connectivity index (χ0v) is 35.6. The molecular formula is C42H33N9O13S2. The number of carbonyl (C=O) groups is 2. The predicted molar refractivity (Wildman–Crippen MR) is 240 cm³/mol. The molecular weight excluding hydrogens is 903 g/mol. The first-order chi connectivity index (χ1) is 31.2. The van der Waals surface area contributed by atoms with Crippen LogP contribution in [0.2, 0.25) is 0 Å². The number of rotatable bonds is 12. The number of phenols is 2. The topological polar surface area (TPSA) is 360 Å². The molecule has 7 aromatic carbocycles. The summed E-state index contributed by atoms with van der Waals surface area (Å²) < 4.78 is 80.0. The van der Waals surface area contributed by atoms with Gasteiger partial charge in [0.15, 0.2) is 11.5 Å². The van der Waals surface area contributed by atoms with Crippen LogP contribution in [-0.4, -0.2) is 67.4 Å². The highest BCUT2D eigenvalue weighted by Crippen LogP contribution is 2.45. The number of ether oxygens (including phenoxy) is 2. The smallest absolute Gasteiger partial charge is 0.394 e. The lowest BCUT2D eigenvalue weighted by Gasteiger charge is -2.11. The number of nitrogens with zero attached hydrogens (tertiary/aromatic N) is 6. The highest BCUT2D eigenvalue weighted by molar-refractivity contribution is 7.86. The number of carbonyl (C=O) groups excluding carboxylic acids is 1. The Labute approximate surface area is 372 Å². The summed E-state index contributed by atoms with van der Waals surface area (Å²) in [6.45, 7) is 0. The number of aromatic hydroxyl groups is 2. The molecule has 1 amide bonds. The number of methoxy groups -OCH3 is 2. The zero-order valence-electron chi connectivity index (χ0n) is 34.0. The number of hydrogen-bond acceptors (Lipinski definition) is 18. The Bertz CT molecular complexity index is 3490. The number of amides is 1. The second-order valence-corrected chi connectivity index (χ2v) is 16.7. The molecule has 66 heavy (non-hydrogen) atoms. The third-order valence-electron chi connectivity index (χ3n) is 9.61. The molecule has 0 bridgehead atoms.